The van der Waals surface area contributed by atoms with Crippen LogP contribution >= 0.6 is 0 Å². The topological polar surface area (TPSA) is 107 Å². The van der Waals surface area contributed by atoms with Gasteiger partial charge in [-0.1, -0.05) is 66.7 Å². The van der Waals surface area contributed by atoms with E-state index in [2.05, 4.69) is 15.6 Å². The van der Waals surface area contributed by atoms with Crippen molar-refractivity contribution in [3.05, 3.63) is 131 Å². The maximum Gasteiger partial charge on any atom is 0.255 e. The fourth-order valence-electron chi connectivity index (χ4n) is 6.17. The van der Waals surface area contributed by atoms with Crippen molar-refractivity contribution in [3.8, 4) is 0 Å². The number of aromatic nitrogens is 1. The fourth-order valence-corrected chi connectivity index (χ4v) is 6.17. The predicted octanol–water partition coefficient (Wildman–Crippen LogP) is 4.27. The van der Waals surface area contributed by atoms with Crippen molar-refractivity contribution in [3.63, 3.8) is 0 Å². The summed E-state index contributed by atoms with van der Waals surface area (Å²) >= 11 is 0. The van der Waals surface area contributed by atoms with Gasteiger partial charge in [-0.3, -0.25) is 14.4 Å². The van der Waals surface area contributed by atoms with E-state index < -0.39 is 18.1 Å². The van der Waals surface area contributed by atoms with Gasteiger partial charge in [-0.15, -0.1) is 0 Å². The number of nitrogens with zero attached hydrogens (tertiary/aromatic N) is 1. The molecule has 0 saturated carbocycles. The Morgan fingerprint density at radius 2 is 1.73 bits per heavy atom. The molecular formula is C33H28N4O4. The fraction of sp³-hybridized carbons (Fsp3) is 0.182. The monoisotopic (exact) mass is 544 g/mol. The molecule has 2 aromatic heterocycles. The highest BCUT2D eigenvalue weighted by Crippen LogP contribution is 2.46. The number of amides is 3. The number of nitrogens with one attached hydrogen (secondary N) is 3. The largest absolute Gasteiger partial charge is 0.467 e. The molecule has 3 atom stereocenters. The first-order chi connectivity index (χ1) is 20.1. The molecule has 0 spiro atoms. The Labute approximate surface area is 236 Å². The average Bonchev–Trinajstić information content (AvgIpc) is 3.73. The number of hydrogen-bond donors (Lipinski definition) is 3. The van der Waals surface area contributed by atoms with Crippen molar-refractivity contribution in [2.45, 2.75) is 37.5 Å². The van der Waals surface area contributed by atoms with E-state index >= 15 is 0 Å². The number of H-pyrrole nitrogens is 1. The van der Waals surface area contributed by atoms with Crippen LogP contribution in [0.2, 0.25) is 0 Å². The highest BCUT2D eigenvalue weighted by atomic mass is 16.3. The highest BCUT2D eigenvalue weighted by Gasteiger charge is 2.49. The van der Waals surface area contributed by atoms with Crippen molar-refractivity contribution in [1.29, 1.82) is 0 Å². The Morgan fingerprint density at radius 1 is 0.951 bits per heavy atom. The lowest BCUT2D eigenvalue weighted by Crippen LogP contribution is -2.57. The Balaban J connectivity index is 1.22. The molecule has 0 saturated heterocycles. The maximum atomic E-state index is 14.1. The Hall–Kier alpha value is -5.11. The molecule has 8 heteroatoms. The number of para-hydroxylation sites is 1. The molecule has 3 N–H and O–H groups in total. The third-order valence-corrected chi connectivity index (χ3v) is 8.09. The number of carbonyl (C=O) groups excluding carboxylic acids is 3. The number of aromatic amines is 1. The van der Waals surface area contributed by atoms with Crippen LogP contribution in [0.25, 0.3) is 10.9 Å². The molecule has 2 aliphatic heterocycles. The zero-order valence-corrected chi connectivity index (χ0v) is 22.2. The smallest absolute Gasteiger partial charge is 0.255 e. The second-order valence-corrected chi connectivity index (χ2v) is 10.5. The molecule has 5 aromatic rings. The second kappa shape index (κ2) is 10.1. The number of carbonyl (C=O) groups is 3. The van der Waals surface area contributed by atoms with Crippen LogP contribution in [0.1, 0.15) is 44.5 Å². The summed E-state index contributed by atoms with van der Waals surface area (Å²) in [6, 6.07) is 26.6. The number of fused-ring (bicyclic) bond motifs is 7. The SMILES string of the molecule is O=C(NCc1ccco1)[C@H](Cc1ccccc1)NC(=O)[C@@H]1Cc2c([nH]c3ccccc23)[C@H]2c3ccccc3C(=O)N21. The summed E-state index contributed by atoms with van der Waals surface area (Å²) < 4.78 is 5.36. The van der Waals surface area contributed by atoms with Crippen molar-refractivity contribution in [2.24, 2.45) is 0 Å². The normalized spacial score (nSPS) is 18.0. The molecule has 0 bridgehead atoms. The van der Waals surface area contributed by atoms with Gasteiger partial charge in [0, 0.05) is 35.0 Å². The molecule has 7 rings (SSSR count). The summed E-state index contributed by atoms with van der Waals surface area (Å²) in [4.78, 5) is 46.5. The van der Waals surface area contributed by atoms with E-state index in [0.717, 1.165) is 33.3 Å². The van der Waals surface area contributed by atoms with Gasteiger partial charge in [0.1, 0.15) is 17.8 Å². The van der Waals surface area contributed by atoms with Crippen LogP contribution < -0.4 is 10.6 Å². The number of furan rings is 1. The third-order valence-electron chi connectivity index (χ3n) is 8.09. The minimum absolute atomic E-state index is 0.183. The van der Waals surface area contributed by atoms with Gasteiger partial charge in [0.15, 0.2) is 0 Å². The van der Waals surface area contributed by atoms with Gasteiger partial charge in [0.05, 0.1) is 18.8 Å². The van der Waals surface area contributed by atoms with Gasteiger partial charge < -0.3 is 24.9 Å². The summed E-state index contributed by atoms with van der Waals surface area (Å²) in [5, 5.41) is 6.93. The van der Waals surface area contributed by atoms with E-state index in [9.17, 15) is 14.4 Å². The van der Waals surface area contributed by atoms with Crippen LogP contribution in [0.3, 0.4) is 0 Å². The van der Waals surface area contributed by atoms with Crippen LogP contribution in [-0.2, 0) is 29.0 Å². The van der Waals surface area contributed by atoms with E-state index in [1.165, 1.54) is 0 Å². The van der Waals surface area contributed by atoms with Crippen molar-refractivity contribution in [2.75, 3.05) is 0 Å². The molecule has 8 nitrogen and oxygen atoms in total. The molecule has 2 aliphatic rings. The maximum absolute atomic E-state index is 14.1. The lowest BCUT2D eigenvalue weighted by Gasteiger charge is -2.37. The van der Waals surface area contributed by atoms with E-state index in [-0.39, 0.29) is 24.3 Å². The molecule has 0 aliphatic carbocycles. The summed E-state index contributed by atoms with van der Waals surface area (Å²) in [6.45, 7) is 0.205. The lowest BCUT2D eigenvalue weighted by molar-refractivity contribution is -0.132. The van der Waals surface area contributed by atoms with Gasteiger partial charge in [0.2, 0.25) is 11.8 Å². The Bertz CT molecular complexity index is 1760. The van der Waals surface area contributed by atoms with Crippen LogP contribution in [0, 0.1) is 0 Å². The lowest BCUT2D eigenvalue weighted by atomic mass is 9.89. The van der Waals surface area contributed by atoms with Crippen LogP contribution in [0.4, 0.5) is 0 Å². The Kier molecular flexibility index (Phi) is 6.15. The number of hydrogen-bond acceptors (Lipinski definition) is 4. The van der Waals surface area contributed by atoms with Gasteiger partial charge in [-0.2, -0.15) is 0 Å². The van der Waals surface area contributed by atoms with Gasteiger partial charge in [-0.05, 0) is 41.0 Å². The summed E-state index contributed by atoms with van der Waals surface area (Å²) in [7, 11) is 0. The molecule has 0 fully saturated rings. The van der Waals surface area contributed by atoms with Gasteiger partial charge in [-0.25, -0.2) is 0 Å². The molecule has 204 valence electrons. The van der Waals surface area contributed by atoms with Crippen molar-refractivity contribution in [1.82, 2.24) is 20.5 Å². The quantitative estimate of drug-likeness (QED) is 0.284. The minimum Gasteiger partial charge on any atom is -0.467 e. The number of rotatable bonds is 7. The van der Waals surface area contributed by atoms with Crippen LogP contribution in [0.5, 0.6) is 0 Å². The second-order valence-electron chi connectivity index (χ2n) is 10.5. The standard InChI is InChI=1S/C33H28N4O4/c38-31(34-19-21-11-8-16-41-21)27(17-20-9-2-1-3-10-20)36-32(39)28-18-25-22-12-6-7-15-26(22)35-29(25)30-23-13-4-5-14-24(23)33(40)37(28)30/h1-16,27-28,30,35H,17-19H2,(H,34,38)(H,36,39)/t27-,28-,30+/m0/s1. The van der Waals surface area contributed by atoms with Crippen LogP contribution in [0.15, 0.2) is 102 Å². The highest BCUT2D eigenvalue weighted by molar-refractivity contribution is 6.04. The summed E-state index contributed by atoms with van der Waals surface area (Å²) in [6.07, 6.45) is 2.20. The Morgan fingerprint density at radius 3 is 2.56 bits per heavy atom. The number of benzene rings is 3. The average molecular weight is 545 g/mol. The van der Waals surface area contributed by atoms with E-state index in [0.29, 0.717) is 24.2 Å². The van der Waals surface area contributed by atoms with Crippen molar-refractivity contribution >= 4 is 28.6 Å². The third kappa shape index (κ3) is 4.37. The van der Waals surface area contributed by atoms with Gasteiger partial charge >= 0.3 is 0 Å². The summed E-state index contributed by atoms with van der Waals surface area (Å²) in [5.41, 5.74) is 5.31. The molecule has 41 heavy (non-hydrogen) atoms. The van der Waals surface area contributed by atoms with E-state index in [1.54, 1.807) is 23.3 Å². The molecule has 3 aromatic carbocycles. The van der Waals surface area contributed by atoms with Crippen molar-refractivity contribution < 1.29 is 18.8 Å². The molecule has 4 heterocycles. The molecule has 3 amide bonds. The zero-order chi connectivity index (χ0) is 27.9. The van der Waals surface area contributed by atoms with Crippen LogP contribution in [-0.4, -0.2) is 39.7 Å². The first-order valence-corrected chi connectivity index (χ1v) is 13.7. The minimum atomic E-state index is -0.845. The predicted molar refractivity (Wildman–Crippen MR) is 153 cm³/mol. The summed E-state index contributed by atoms with van der Waals surface area (Å²) in [5.74, 6) is -0.251. The zero-order valence-electron chi connectivity index (χ0n) is 22.2. The molecule has 0 radical (unpaired) electrons. The van der Waals surface area contributed by atoms with E-state index in [4.69, 9.17) is 4.42 Å². The van der Waals surface area contributed by atoms with E-state index in [1.807, 2.05) is 78.9 Å². The molecule has 0 unspecified atom stereocenters. The first kappa shape index (κ1) is 24.9. The molecular weight excluding hydrogens is 516 g/mol. The first-order valence-electron chi connectivity index (χ1n) is 13.7. The van der Waals surface area contributed by atoms with Gasteiger partial charge in [0.25, 0.3) is 5.91 Å².